The zero-order valence-electron chi connectivity index (χ0n) is 11.1. The van der Waals surface area contributed by atoms with Gasteiger partial charge in [-0.05, 0) is 45.3 Å². The van der Waals surface area contributed by atoms with Crippen LogP contribution in [0.3, 0.4) is 0 Å². The number of aromatic nitrogens is 2. The molecule has 1 aliphatic rings. The molecule has 0 unspecified atom stereocenters. The molecular weight excluding hydrogens is 262 g/mol. The molecule has 1 aliphatic heterocycles. The third-order valence-corrected chi connectivity index (χ3v) is 5.05. The number of aryl methyl sites for hydroxylation is 2. The topological polar surface area (TPSA) is 66.9 Å². The van der Waals surface area contributed by atoms with Gasteiger partial charge in [0.1, 0.15) is 4.83 Å². The second-order valence-electron chi connectivity index (χ2n) is 5.07. The van der Waals surface area contributed by atoms with Crippen molar-refractivity contribution in [3.8, 4) is 0 Å². The normalized spacial score (nSPS) is 17.2. The van der Waals surface area contributed by atoms with Crippen molar-refractivity contribution < 1.29 is 0 Å². The highest BCUT2D eigenvalue weighted by atomic mass is 32.1. The van der Waals surface area contributed by atoms with Crippen LogP contribution in [0.5, 0.6) is 0 Å². The molecule has 0 amide bonds. The first-order valence-electron chi connectivity index (χ1n) is 6.55. The van der Waals surface area contributed by atoms with Crippen molar-refractivity contribution in [2.75, 3.05) is 13.1 Å². The third kappa shape index (κ3) is 1.95. The van der Waals surface area contributed by atoms with Gasteiger partial charge in [0.15, 0.2) is 0 Å². The van der Waals surface area contributed by atoms with Crippen LogP contribution in [0.15, 0.2) is 9.59 Å². The monoisotopic (exact) mass is 279 g/mol. The molecular formula is C13H17N3O2S. The molecule has 0 atom stereocenters. The lowest BCUT2D eigenvalue weighted by molar-refractivity contribution is 0.352. The fraction of sp³-hybridized carbons (Fsp3) is 0.538. The molecule has 102 valence electrons. The molecule has 0 aliphatic carbocycles. The summed E-state index contributed by atoms with van der Waals surface area (Å²) in [6.45, 7) is 5.64. The standard InChI is InChI=1S/C13H17N3O2S/c1-7-8(2)19-11-10(7)12(17)16(13(18)15-11)9-3-5-14-6-4-9/h9,14H,3-6H2,1-2H3,(H,15,18). The maximum absolute atomic E-state index is 12.6. The van der Waals surface area contributed by atoms with Crippen LogP contribution in [-0.4, -0.2) is 22.6 Å². The highest BCUT2D eigenvalue weighted by molar-refractivity contribution is 7.18. The average Bonchev–Trinajstić information content (AvgIpc) is 2.66. The molecule has 3 heterocycles. The lowest BCUT2D eigenvalue weighted by atomic mass is 10.1. The Bertz CT molecular complexity index is 735. The smallest absolute Gasteiger partial charge is 0.317 e. The summed E-state index contributed by atoms with van der Waals surface area (Å²) in [5, 5.41) is 3.93. The molecule has 5 nitrogen and oxygen atoms in total. The van der Waals surface area contributed by atoms with E-state index < -0.39 is 0 Å². The van der Waals surface area contributed by atoms with Crippen LogP contribution in [0.4, 0.5) is 0 Å². The van der Waals surface area contributed by atoms with E-state index in [9.17, 15) is 9.59 Å². The number of hydrogen-bond donors (Lipinski definition) is 2. The van der Waals surface area contributed by atoms with Crippen molar-refractivity contribution in [1.82, 2.24) is 14.9 Å². The first-order chi connectivity index (χ1) is 9.09. The van der Waals surface area contributed by atoms with Gasteiger partial charge in [-0.15, -0.1) is 11.3 Å². The lowest BCUT2D eigenvalue weighted by Gasteiger charge is -2.23. The number of piperidine rings is 1. The molecule has 3 rings (SSSR count). The van der Waals surface area contributed by atoms with Crippen molar-refractivity contribution in [3.63, 3.8) is 0 Å². The van der Waals surface area contributed by atoms with Crippen LogP contribution in [0, 0.1) is 13.8 Å². The molecule has 0 bridgehead atoms. The molecule has 0 spiro atoms. The quantitative estimate of drug-likeness (QED) is 0.826. The van der Waals surface area contributed by atoms with Gasteiger partial charge in [-0.3, -0.25) is 14.3 Å². The summed E-state index contributed by atoms with van der Waals surface area (Å²) in [6.07, 6.45) is 1.66. The van der Waals surface area contributed by atoms with E-state index >= 15 is 0 Å². The van der Waals surface area contributed by atoms with E-state index in [2.05, 4.69) is 10.3 Å². The van der Waals surface area contributed by atoms with Crippen molar-refractivity contribution in [3.05, 3.63) is 31.3 Å². The van der Waals surface area contributed by atoms with Crippen LogP contribution in [0.1, 0.15) is 29.3 Å². The van der Waals surface area contributed by atoms with Crippen LogP contribution >= 0.6 is 11.3 Å². The second-order valence-corrected chi connectivity index (χ2v) is 6.30. The number of hydrogen-bond acceptors (Lipinski definition) is 4. The second kappa shape index (κ2) is 4.61. The minimum absolute atomic E-state index is 0.0153. The SMILES string of the molecule is Cc1sc2[nH]c(=O)n(C3CCNCC3)c(=O)c2c1C. The molecule has 2 aromatic rings. The van der Waals surface area contributed by atoms with E-state index in [0.717, 1.165) is 36.4 Å². The Hall–Kier alpha value is -1.40. The Morgan fingerprint density at radius 1 is 1.21 bits per heavy atom. The fourth-order valence-electron chi connectivity index (χ4n) is 2.74. The summed E-state index contributed by atoms with van der Waals surface area (Å²) in [5.41, 5.74) is 0.585. The Labute approximate surface area is 114 Å². The van der Waals surface area contributed by atoms with E-state index in [1.807, 2.05) is 13.8 Å². The van der Waals surface area contributed by atoms with Crippen molar-refractivity contribution in [2.24, 2.45) is 0 Å². The van der Waals surface area contributed by atoms with Gasteiger partial charge in [-0.25, -0.2) is 4.79 Å². The Kier molecular flexibility index (Phi) is 3.06. The summed E-state index contributed by atoms with van der Waals surface area (Å²) < 4.78 is 1.42. The Morgan fingerprint density at radius 3 is 2.58 bits per heavy atom. The van der Waals surface area contributed by atoms with Crippen molar-refractivity contribution in [1.29, 1.82) is 0 Å². The molecule has 6 heteroatoms. The number of thiophene rings is 1. The van der Waals surface area contributed by atoms with Gasteiger partial charge in [0, 0.05) is 10.9 Å². The van der Waals surface area contributed by atoms with E-state index in [-0.39, 0.29) is 17.3 Å². The summed E-state index contributed by atoms with van der Waals surface area (Å²) in [7, 11) is 0. The van der Waals surface area contributed by atoms with Crippen LogP contribution in [0.2, 0.25) is 0 Å². The molecule has 0 radical (unpaired) electrons. The molecule has 2 N–H and O–H groups in total. The maximum atomic E-state index is 12.6. The van der Waals surface area contributed by atoms with Gasteiger partial charge >= 0.3 is 5.69 Å². The summed E-state index contributed by atoms with van der Waals surface area (Å²) >= 11 is 1.48. The maximum Gasteiger partial charge on any atom is 0.329 e. The van der Waals surface area contributed by atoms with Gasteiger partial charge in [-0.2, -0.15) is 0 Å². The number of aromatic amines is 1. The first kappa shape index (κ1) is 12.6. The van der Waals surface area contributed by atoms with E-state index in [1.165, 1.54) is 15.9 Å². The number of nitrogens with one attached hydrogen (secondary N) is 2. The van der Waals surface area contributed by atoms with Gasteiger partial charge in [0.05, 0.1) is 5.39 Å². The van der Waals surface area contributed by atoms with Crippen LogP contribution in [-0.2, 0) is 0 Å². The molecule has 0 aromatic carbocycles. The largest absolute Gasteiger partial charge is 0.329 e. The first-order valence-corrected chi connectivity index (χ1v) is 7.36. The van der Waals surface area contributed by atoms with E-state index in [4.69, 9.17) is 0 Å². The Balaban J connectivity index is 2.27. The number of H-pyrrole nitrogens is 1. The summed E-state index contributed by atoms with van der Waals surface area (Å²) in [5.74, 6) is 0. The molecule has 19 heavy (non-hydrogen) atoms. The van der Waals surface area contributed by atoms with Crippen molar-refractivity contribution >= 4 is 21.6 Å². The highest BCUT2D eigenvalue weighted by Crippen LogP contribution is 2.25. The van der Waals surface area contributed by atoms with Crippen LogP contribution in [0.25, 0.3) is 10.2 Å². The van der Waals surface area contributed by atoms with Crippen molar-refractivity contribution in [2.45, 2.75) is 32.7 Å². The predicted octanol–water partition coefficient (Wildman–Crippen LogP) is 1.29. The van der Waals surface area contributed by atoms with Gasteiger partial charge < -0.3 is 5.32 Å². The number of fused-ring (bicyclic) bond motifs is 1. The molecule has 0 saturated carbocycles. The zero-order chi connectivity index (χ0) is 13.6. The minimum atomic E-state index is -0.273. The molecule has 1 fully saturated rings. The minimum Gasteiger partial charge on any atom is -0.317 e. The predicted molar refractivity (Wildman–Crippen MR) is 77.3 cm³/mol. The van der Waals surface area contributed by atoms with Crippen LogP contribution < -0.4 is 16.6 Å². The van der Waals surface area contributed by atoms with Gasteiger partial charge in [0.25, 0.3) is 5.56 Å². The van der Waals surface area contributed by atoms with Gasteiger partial charge in [0.2, 0.25) is 0 Å². The lowest BCUT2D eigenvalue weighted by Crippen LogP contribution is -2.42. The Morgan fingerprint density at radius 2 is 1.89 bits per heavy atom. The number of rotatable bonds is 1. The van der Waals surface area contributed by atoms with E-state index in [1.54, 1.807) is 0 Å². The van der Waals surface area contributed by atoms with Gasteiger partial charge in [-0.1, -0.05) is 0 Å². The average molecular weight is 279 g/mol. The zero-order valence-corrected chi connectivity index (χ0v) is 11.9. The molecule has 2 aromatic heterocycles. The number of nitrogens with zero attached hydrogens (tertiary/aromatic N) is 1. The summed E-state index contributed by atoms with van der Waals surface area (Å²) in [6, 6.07) is 0.0153. The highest BCUT2D eigenvalue weighted by Gasteiger charge is 2.21. The fourth-order valence-corrected chi connectivity index (χ4v) is 3.78. The summed E-state index contributed by atoms with van der Waals surface area (Å²) in [4.78, 5) is 29.4. The van der Waals surface area contributed by atoms with E-state index in [0.29, 0.717) is 10.2 Å². The third-order valence-electron chi connectivity index (χ3n) is 3.93. The molecule has 1 saturated heterocycles.